The number of imide groups is 1. The predicted molar refractivity (Wildman–Crippen MR) is 180 cm³/mol. The Kier molecular flexibility index (Phi) is 8.08. The molecule has 0 spiro atoms. The van der Waals surface area contributed by atoms with Crippen LogP contribution in [0.5, 0.6) is 0 Å². The van der Waals surface area contributed by atoms with Crippen molar-refractivity contribution in [2.45, 2.75) is 6.92 Å². The topological polar surface area (TPSA) is 64.4 Å². The lowest BCUT2D eigenvalue weighted by molar-refractivity contribution is -0.139. The van der Waals surface area contributed by atoms with E-state index in [1.54, 1.807) is 35.7 Å². The van der Waals surface area contributed by atoms with Gasteiger partial charge in [-0.25, -0.2) is 0 Å². The molecule has 0 unspecified atom stereocenters. The van der Waals surface area contributed by atoms with E-state index in [-0.39, 0.29) is 12.1 Å². The number of nitriles is 1. The van der Waals surface area contributed by atoms with E-state index in [0.29, 0.717) is 11.1 Å². The zero-order chi connectivity index (χ0) is 30.6. The Morgan fingerprint density at radius 1 is 0.750 bits per heavy atom. The summed E-state index contributed by atoms with van der Waals surface area (Å²) in [6.45, 7) is 1.44. The van der Waals surface area contributed by atoms with Crippen LogP contribution in [-0.2, 0) is 9.59 Å². The highest BCUT2D eigenvalue weighted by Gasteiger charge is 2.35. The van der Waals surface area contributed by atoms with Crippen LogP contribution in [0.15, 0.2) is 126 Å². The number of benzene rings is 3. The molecule has 5 aromatic rings. The minimum absolute atomic E-state index is 0.0625. The number of anilines is 3. The van der Waals surface area contributed by atoms with E-state index in [9.17, 15) is 14.9 Å². The highest BCUT2D eigenvalue weighted by molar-refractivity contribution is 7.24. The average Bonchev–Trinajstić information content (AvgIpc) is 3.74. The lowest BCUT2D eigenvalue weighted by atomic mass is 9.95. The summed E-state index contributed by atoms with van der Waals surface area (Å²) in [4.78, 5) is 33.0. The highest BCUT2D eigenvalue weighted by Crippen LogP contribution is 2.40. The van der Waals surface area contributed by atoms with Gasteiger partial charge in [-0.2, -0.15) is 5.26 Å². The Labute approximate surface area is 264 Å². The van der Waals surface area contributed by atoms with Gasteiger partial charge in [0.25, 0.3) is 11.8 Å². The maximum atomic E-state index is 13.1. The zero-order valence-corrected chi connectivity index (χ0v) is 25.4. The third-order valence-electron chi connectivity index (χ3n) is 7.28. The molecule has 6 rings (SSSR count). The molecule has 1 aliphatic heterocycles. The van der Waals surface area contributed by atoms with E-state index in [1.807, 2.05) is 54.6 Å². The minimum atomic E-state index is -0.649. The molecule has 7 heteroatoms. The molecule has 0 aliphatic carbocycles. The van der Waals surface area contributed by atoms with Crippen LogP contribution in [0.3, 0.4) is 0 Å². The van der Waals surface area contributed by atoms with Crippen LogP contribution in [0.4, 0.5) is 17.1 Å². The van der Waals surface area contributed by atoms with Gasteiger partial charge >= 0.3 is 0 Å². The van der Waals surface area contributed by atoms with E-state index in [0.717, 1.165) is 47.0 Å². The smallest absolute Gasteiger partial charge is 0.272 e. The molecule has 0 saturated heterocycles. The Morgan fingerprint density at radius 2 is 1.32 bits per heavy atom. The van der Waals surface area contributed by atoms with Crippen molar-refractivity contribution >= 4 is 57.6 Å². The fourth-order valence-electron chi connectivity index (χ4n) is 5.07. The molecule has 3 aromatic carbocycles. The first-order chi connectivity index (χ1) is 21.5. The first kappa shape index (κ1) is 28.6. The second-order valence-corrected chi connectivity index (χ2v) is 12.2. The second-order valence-electron chi connectivity index (χ2n) is 9.99. The normalized spacial score (nSPS) is 14.1. The van der Waals surface area contributed by atoms with Crippen molar-refractivity contribution in [3.05, 3.63) is 131 Å². The zero-order valence-electron chi connectivity index (χ0n) is 23.7. The Hall–Kier alpha value is -5.47. The van der Waals surface area contributed by atoms with Crippen molar-refractivity contribution in [1.29, 1.82) is 5.26 Å². The number of terminal acetylenes is 1. The molecule has 0 saturated carbocycles. The monoisotopic (exact) mass is 607 g/mol. The summed E-state index contributed by atoms with van der Waals surface area (Å²) in [6, 6.07) is 39.4. The lowest BCUT2D eigenvalue weighted by Crippen LogP contribution is -2.42. The van der Waals surface area contributed by atoms with Gasteiger partial charge in [0, 0.05) is 42.1 Å². The maximum absolute atomic E-state index is 13.1. The van der Waals surface area contributed by atoms with Crippen molar-refractivity contribution in [1.82, 2.24) is 4.90 Å². The van der Waals surface area contributed by atoms with Crippen LogP contribution in [0.2, 0.25) is 0 Å². The van der Waals surface area contributed by atoms with Crippen LogP contribution in [0, 0.1) is 23.7 Å². The summed E-state index contributed by atoms with van der Waals surface area (Å²) in [5.74, 6) is 1.20. The van der Waals surface area contributed by atoms with Gasteiger partial charge in [0.15, 0.2) is 0 Å². The van der Waals surface area contributed by atoms with Crippen molar-refractivity contribution in [3.63, 3.8) is 0 Å². The highest BCUT2D eigenvalue weighted by atomic mass is 32.1. The van der Waals surface area contributed by atoms with E-state index in [2.05, 4.69) is 71.5 Å². The Morgan fingerprint density at radius 3 is 1.93 bits per heavy atom. The summed E-state index contributed by atoms with van der Waals surface area (Å²) in [5.41, 5.74) is 4.99. The number of hydrogen-bond acceptors (Lipinski definition) is 6. The van der Waals surface area contributed by atoms with E-state index < -0.39 is 11.8 Å². The summed E-state index contributed by atoms with van der Waals surface area (Å²) in [6.07, 6.45) is 7.10. The fourth-order valence-corrected chi connectivity index (χ4v) is 7.12. The van der Waals surface area contributed by atoms with Crippen LogP contribution >= 0.6 is 22.7 Å². The van der Waals surface area contributed by atoms with Gasteiger partial charge < -0.3 is 4.90 Å². The molecule has 3 heterocycles. The number of para-hydroxylation sites is 2. The summed E-state index contributed by atoms with van der Waals surface area (Å²) >= 11 is 3.24. The van der Waals surface area contributed by atoms with Gasteiger partial charge in [-0.1, -0.05) is 54.5 Å². The molecule has 44 heavy (non-hydrogen) atoms. The number of carbonyl (C=O) groups is 2. The summed E-state index contributed by atoms with van der Waals surface area (Å²) < 4.78 is 0. The summed E-state index contributed by atoms with van der Waals surface area (Å²) in [5, 5.41) is 9.54. The number of rotatable bonds is 7. The predicted octanol–water partition coefficient (Wildman–Crippen LogP) is 8.84. The third kappa shape index (κ3) is 5.50. The van der Waals surface area contributed by atoms with Crippen molar-refractivity contribution in [2.24, 2.45) is 0 Å². The molecule has 212 valence electrons. The Balaban J connectivity index is 1.26. The van der Waals surface area contributed by atoms with Gasteiger partial charge in [0.1, 0.15) is 11.6 Å². The number of amides is 2. The molecular formula is C37H25N3O2S2. The van der Waals surface area contributed by atoms with Gasteiger partial charge in [-0.15, -0.1) is 29.1 Å². The molecule has 2 amide bonds. The molecule has 2 aromatic heterocycles. The van der Waals surface area contributed by atoms with Gasteiger partial charge in [-0.3, -0.25) is 14.5 Å². The molecule has 1 aliphatic rings. The first-order valence-corrected chi connectivity index (χ1v) is 15.4. The average molecular weight is 608 g/mol. The van der Waals surface area contributed by atoms with Gasteiger partial charge in [0.2, 0.25) is 0 Å². The standard InChI is InChI=1S/C37H25N3O2S2/c1-3-22-39-36(41)31(25(2)32(24-38)37(39)42)23-30-18-19-34(43-30)35-21-20-33(44-35)26-14-16-29(17-15-26)40(27-10-6-4-7-11-27)28-12-8-5-9-13-28/h1,4-21,23H,22H2,2H3/b31-23-. The van der Waals surface area contributed by atoms with E-state index in [1.165, 1.54) is 0 Å². The third-order valence-corrected chi connectivity index (χ3v) is 9.64. The number of carbonyl (C=O) groups excluding carboxylic acids is 2. The molecular weight excluding hydrogens is 583 g/mol. The SMILES string of the molecule is C#CCN1C(=O)C(C#N)=C(C)/C(=C/c2ccc(-c3ccc(-c4ccc(N(c5ccccc5)c5ccccc5)cc4)s3)s2)C1=O. The van der Waals surface area contributed by atoms with Gasteiger partial charge in [-0.05, 0) is 84.8 Å². The number of thiophene rings is 2. The maximum Gasteiger partial charge on any atom is 0.272 e. The van der Waals surface area contributed by atoms with Crippen LogP contribution in [0.1, 0.15) is 11.8 Å². The van der Waals surface area contributed by atoms with Crippen LogP contribution in [0.25, 0.3) is 26.3 Å². The lowest BCUT2D eigenvalue weighted by Gasteiger charge is -2.25. The quantitative estimate of drug-likeness (QED) is 0.105. The van der Waals surface area contributed by atoms with Crippen molar-refractivity contribution in [2.75, 3.05) is 11.4 Å². The molecule has 0 bridgehead atoms. The van der Waals surface area contributed by atoms with Crippen LogP contribution < -0.4 is 4.90 Å². The molecule has 0 N–H and O–H groups in total. The second kappa shape index (κ2) is 12.4. The minimum Gasteiger partial charge on any atom is -0.311 e. The van der Waals surface area contributed by atoms with Crippen molar-refractivity contribution < 1.29 is 9.59 Å². The van der Waals surface area contributed by atoms with E-state index in [4.69, 9.17) is 6.42 Å². The largest absolute Gasteiger partial charge is 0.311 e. The van der Waals surface area contributed by atoms with Gasteiger partial charge in [0.05, 0.1) is 6.54 Å². The van der Waals surface area contributed by atoms with Crippen molar-refractivity contribution in [3.8, 4) is 38.6 Å². The molecule has 5 nitrogen and oxygen atoms in total. The number of hydrogen-bond donors (Lipinski definition) is 0. The number of nitrogens with zero attached hydrogens (tertiary/aromatic N) is 3. The summed E-state index contributed by atoms with van der Waals surface area (Å²) in [7, 11) is 0. The van der Waals surface area contributed by atoms with Crippen LogP contribution in [-0.4, -0.2) is 23.3 Å². The Bertz CT molecular complexity index is 1960. The molecule has 0 fully saturated rings. The van der Waals surface area contributed by atoms with E-state index >= 15 is 0 Å². The fraction of sp³-hybridized carbons (Fsp3) is 0.0541. The first-order valence-electron chi connectivity index (χ1n) is 13.8. The molecule has 0 radical (unpaired) electrons. The molecule has 0 atom stereocenters.